The Labute approximate surface area is 125 Å². The first-order valence-electron chi connectivity index (χ1n) is 6.34. The molecule has 6 heteroatoms. The molecule has 0 fully saturated rings. The molecule has 0 saturated carbocycles. The number of Topliss-reactive ketones (excluding diaryl/α,β-unsaturated/α-hetero) is 1. The van der Waals surface area contributed by atoms with E-state index in [1.807, 2.05) is 0 Å². The molecular weight excluding hydrogens is 280 g/mol. The Morgan fingerprint density at radius 1 is 1.35 bits per heavy atom. The van der Waals surface area contributed by atoms with Gasteiger partial charge >= 0.3 is 0 Å². The Kier molecular flexibility index (Phi) is 9.41. The Bertz CT molecular complexity index is 438. The number of nitrogens with two attached hydrogens (primary N) is 1. The van der Waals surface area contributed by atoms with E-state index in [1.54, 1.807) is 24.3 Å². The van der Waals surface area contributed by atoms with E-state index in [2.05, 4.69) is 5.32 Å². The highest BCUT2D eigenvalue weighted by Gasteiger charge is 2.02. The van der Waals surface area contributed by atoms with Gasteiger partial charge in [-0.05, 0) is 25.5 Å². The molecule has 1 aromatic carbocycles. The zero-order valence-corrected chi connectivity index (χ0v) is 12.4. The van der Waals surface area contributed by atoms with Gasteiger partial charge in [0.15, 0.2) is 5.78 Å². The highest BCUT2D eigenvalue weighted by Crippen LogP contribution is 2.14. The molecule has 1 rings (SSSR count). The van der Waals surface area contributed by atoms with Gasteiger partial charge in [-0.15, -0.1) is 12.4 Å². The van der Waals surface area contributed by atoms with E-state index in [0.717, 1.165) is 0 Å². The van der Waals surface area contributed by atoms with Gasteiger partial charge in [0.1, 0.15) is 5.75 Å². The molecule has 112 valence electrons. The number of ether oxygens (including phenoxy) is 1. The molecule has 0 heterocycles. The fraction of sp³-hybridized carbons (Fsp3) is 0.429. The van der Waals surface area contributed by atoms with Crippen LogP contribution >= 0.6 is 12.4 Å². The Balaban J connectivity index is 0.00000361. The second-order valence-electron chi connectivity index (χ2n) is 4.17. The van der Waals surface area contributed by atoms with E-state index in [4.69, 9.17) is 10.5 Å². The summed E-state index contributed by atoms with van der Waals surface area (Å²) in [6, 6.07) is 7.02. The van der Waals surface area contributed by atoms with E-state index in [9.17, 15) is 9.59 Å². The number of nitrogens with one attached hydrogen (secondary N) is 1. The highest BCUT2D eigenvalue weighted by atomic mass is 35.5. The van der Waals surface area contributed by atoms with Crippen LogP contribution in [0.2, 0.25) is 0 Å². The lowest BCUT2D eigenvalue weighted by Crippen LogP contribution is -2.29. The minimum absolute atomic E-state index is 0. The number of amides is 1. The summed E-state index contributed by atoms with van der Waals surface area (Å²) in [5.41, 5.74) is 5.90. The molecule has 1 aromatic rings. The van der Waals surface area contributed by atoms with Gasteiger partial charge in [0, 0.05) is 25.1 Å². The first kappa shape index (κ1) is 18.4. The normalized spacial score (nSPS) is 9.50. The maximum absolute atomic E-state index is 11.3. The van der Waals surface area contributed by atoms with Gasteiger partial charge in [0.05, 0.1) is 6.61 Å². The molecule has 0 aromatic heterocycles. The van der Waals surface area contributed by atoms with Crippen LogP contribution in [0.3, 0.4) is 0 Å². The minimum Gasteiger partial charge on any atom is -0.494 e. The summed E-state index contributed by atoms with van der Waals surface area (Å²) in [6.45, 7) is 2.90. The van der Waals surface area contributed by atoms with E-state index in [0.29, 0.717) is 43.9 Å². The summed E-state index contributed by atoms with van der Waals surface area (Å²) in [7, 11) is 0. The van der Waals surface area contributed by atoms with E-state index < -0.39 is 0 Å². The van der Waals surface area contributed by atoms with Crippen LogP contribution in [0, 0.1) is 0 Å². The standard InChI is InChI=1S/C14H20N2O3.ClH/c1-11(17)12-4-2-5-13(10-12)19-9-3-6-14(18)16-8-7-15;/h2,4-5,10H,3,6-9,15H2,1H3,(H,16,18);1H. The van der Waals surface area contributed by atoms with Crippen molar-refractivity contribution >= 4 is 24.1 Å². The molecule has 5 nitrogen and oxygen atoms in total. The largest absolute Gasteiger partial charge is 0.494 e. The summed E-state index contributed by atoms with van der Waals surface area (Å²) < 4.78 is 5.49. The van der Waals surface area contributed by atoms with Crippen molar-refractivity contribution in [1.29, 1.82) is 0 Å². The van der Waals surface area contributed by atoms with Crippen molar-refractivity contribution in [3.05, 3.63) is 29.8 Å². The van der Waals surface area contributed by atoms with Crippen molar-refractivity contribution in [2.24, 2.45) is 5.73 Å². The molecule has 0 aliphatic rings. The first-order chi connectivity index (χ1) is 9.13. The first-order valence-corrected chi connectivity index (χ1v) is 6.34. The maximum Gasteiger partial charge on any atom is 0.220 e. The molecule has 0 bridgehead atoms. The van der Waals surface area contributed by atoms with Crippen LogP contribution < -0.4 is 15.8 Å². The molecule has 0 aliphatic heterocycles. The van der Waals surface area contributed by atoms with E-state index >= 15 is 0 Å². The van der Waals surface area contributed by atoms with Gasteiger partial charge < -0.3 is 15.8 Å². The third-order valence-electron chi connectivity index (χ3n) is 2.52. The number of hydrogen-bond donors (Lipinski definition) is 2. The fourth-order valence-corrected chi connectivity index (χ4v) is 1.53. The molecule has 0 spiro atoms. The molecule has 1 amide bonds. The van der Waals surface area contributed by atoms with Crippen molar-refractivity contribution in [3.8, 4) is 5.75 Å². The summed E-state index contributed by atoms with van der Waals surface area (Å²) in [5.74, 6) is 0.633. The van der Waals surface area contributed by atoms with E-state index in [1.165, 1.54) is 6.92 Å². The molecule has 0 aliphatic carbocycles. The second kappa shape index (κ2) is 10.2. The third-order valence-corrected chi connectivity index (χ3v) is 2.52. The smallest absolute Gasteiger partial charge is 0.220 e. The lowest BCUT2D eigenvalue weighted by atomic mass is 10.1. The van der Waals surface area contributed by atoms with Gasteiger partial charge in [-0.25, -0.2) is 0 Å². The zero-order chi connectivity index (χ0) is 14.1. The predicted octanol–water partition coefficient (Wildman–Crippen LogP) is 1.54. The number of halogens is 1. The Morgan fingerprint density at radius 2 is 2.10 bits per heavy atom. The molecule has 0 saturated heterocycles. The number of carbonyl (C=O) groups excluding carboxylic acids is 2. The van der Waals surface area contributed by atoms with Gasteiger partial charge in [-0.3, -0.25) is 9.59 Å². The molecule has 3 N–H and O–H groups in total. The van der Waals surface area contributed by atoms with Gasteiger partial charge in [-0.2, -0.15) is 0 Å². The third kappa shape index (κ3) is 7.11. The van der Waals surface area contributed by atoms with Crippen molar-refractivity contribution in [1.82, 2.24) is 5.32 Å². The van der Waals surface area contributed by atoms with Gasteiger partial charge in [0.2, 0.25) is 5.91 Å². The van der Waals surface area contributed by atoms with Crippen LogP contribution in [0.25, 0.3) is 0 Å². The topological polar surface area (TPSA) is 81.4 Å². The maximum atomic E-state index is 11.3. The molecule has 0 atom stereocenters. The predicted molar refractivity (Wildman–Crippen MR) is 80.5 cm³/mol. The van der Waals surface area contributed by atoms with Crippen molar-refractivity contribution in [2.45, 2.75) is 19.8 Å². The van der Waals surface area contributed by atoms with Crippen LogP contribution in [-0.4, -0.2) is 31.4 Å². The summed E-state index contributed by atoms with van der Waals surface area (Å²) in [4.78, 5) is 22.5. The summed E-state index contributed by atoms with van der Waals surface area (Å²) in [5, 5.41) is 2.69. The Hall–Kier alpha value is -1.59. The minimum atomic E-state index is -0.0217. The van der Waals surface area contributed by atoms with Crippen LogP contribution in [0.1, 0.15) is 30.1 Å². The van der Waals surface area contributed by atoms with Crippen LogP contribution in [0.4, 0.5) is 0 Å². The average molecular weight is 301 g/mol. The van der Waals surface area contributed by atoms with Gasteiger partial charge in [-0.1, -0.05) is 12.1 Å². The van der Waals surface area contributed by atoms with Crippen molar-refractivity contribution in [3.63, 3.8) is 0 Å². The zero-order valence-electron chi connectivity index (χ0n) is 11.6. The molecule has 20 heavy (non-hydrogen) atoms. The SMILES string of the molecule is CC(=O)c1cccc(OCCCC(=O)NCCN)c1.Cl. The van der Waals surface area contributed by atoms with Crippen LogP contribution in [0.15, 0.2) is 24.3 Å². The van der Waals surface area contributed by atoms with Gasteiger partial charge in [0.25, 0.3) is 0 Å². The van der Waals surface area contributed by atoms with Crippen LogP contribution in [-0.2, 0) is 4.79 Å². The fourth-order valence-electron chi connectivity index (χ4n) is 1.53. The number of rotatable bonds is 8. The van der Waals surface area contributed by atoms with Crippen molar-refractivity contribution in [2.75, 3.05) is 19.7 Å². The number of benzene rings is 1. The van der Waals surface area contributed by atoms with Crippen LogP contribution in [0.5, 0.6) is 5.75 Å². The van der Waals surface area contributed by atoms with E-state index in [-0.39, 0.29) is 24.1 Å². The second-order valence-corrected chi connectivity index (χ2v) is 4.17. The lowest BCUT2D eigenvalue weighted by molar-refractivity contribution is -0.121. The molecular formula is C14H21ClN2O3. The Morgan fingerprint density at radius 3 is 2.75 bits per heavy atom. The average Bonchev–Trinajstić information content (AvgIpc) is 2.41. The highest BCUT2D eigenvalue weighted by molar-refractivity contribution is 5.94. The summed E-state index contributed by atoms with van der Waals surface area (Å²) in [6.07, 6.45) is 1.03. The molecule has 0 radical (unpaired) electrons. The number of ketones is 1. The molecule has 0 unspecified atom stereocenters. The monoisotopic (exact) mass is 300 g/mol. The number of carbonyl (C=O) groups is 2. The quantitative estimate of drug-likeness (QED) is 0.564. The lowest BCUT2D eigenvalue weighted by Gasteiger charge is -2.07. The number of hydrogen-bond acceptors (Lipinski definition) is 4. The van der Waals surface area contributed by atoms with Crippen molar-refractivity contribution < 1.29 is 14.3 Å². The summed E-state index contributed by atoms with van der Waals surface area (Å²) >= 11 is 0.